The summed E-state index contributed by atoms with van der Waals surface area (Å²) in [6.07, 6.45) is 5.27. The predicted octanol–water partition coefficient (Wildman–Crippen LogP) is 6.33. The van der Waals surface area contributed by atoms with Crippen LogP contribution in [0.1, 0.15) is 72.1 Å². The molecule has 3 aromatic rings. The number of nitrogens with one attached hydrogen (secondary N) is 2. The van der Waals surface area contributed by atoms with Gasteiger partial charge in [0.25, 0.3) is 0 Å². The van der Waals surface area contributed by atoms with E-state index in [0.717, 1.165) is 82.0 Å². The molecule has 3 aromatic carbocycles. The van der Waals surface area contributed by atoms with Crippen LogP contribution in [0.25, 0.3) is 0 Å². The molecule has 4 N–H and O–H groups in total. The molecule has 0 saturated carbocycles. The highest BCUT2D eigenvalue weighted by Gasteiger charge is 2.54. The van der Waals surface area contributed by atoms with Crippen LogP contribution in [-0.2, 0) is 55.0 Å². The SMILES string of the molecule is CCPPCCC(=O)COCCOCCNC(=O)CCN(CCC(=O)NCCOCCOCC(=O)CCPPCC)Cc1ccc2c(c1)C(=O)OC21c2cc(F)c(O)cc2Oc2cc(O)c(F)cc21. The Morgan fingerprint density at radius 2 is 1.14 bits per heavy atom. The van der Waals surface area contributed by atoms with Gasteiger partial charge in [0.2, 0.25) is 11.8 Å². The minimum Gasteiger partial charge on any atom is -0.505 e. The number of aromatic hydroxyl groups is 2. The summed E-state index contributed by atoms with van der Waals surface area (Å²) in [5, 5.41) is 26.0. The molecule has 2 amide bonds. The minimum absolute atomic E-state index is 0.00722. The number of phenols is 2. The van der Waals surface area contributed by atoms with Crippen molar-refractivity contribution in [3.8, 4) is 23.0 Å². The highest BCUT2D eigenvalue weighted by atomic mass is 32.0. The fourth-order valence-electron chi connectivity index (χ4n) is 7.42. The lowest BCUT2D eigenvalue weighted by molar-refractivity contribution is -0.124. The predicted molar refractivity (Wildman–Crippen MR) is 265 cm³/mol. The van der Waals surface area contributed by atoms with E-state index in [1.165, 1.54) is 0 Å². The largest absolute Gasteiger partial charge is 0.505 e. The second-order valence-corrected chi connectivity index (χ2v) is 24.0. The Kier molecular flexibility index (Phi) is 24.0. The van der Waals surface area contributed by atoms with Crippen molar-refractivity contribution in [1.82, 2.24) is 15.5 Å². The fourth-order valence-corrected chi connectivity index (χ4v) is 12.4. The summed E-state index contributed by atoms with van der Waals surface area (Å²) >= 11 is 0. The van der Waals surface area contributed by atoms with Gasteiger partial charge in [-0.1, -0.05) is 59.1 Å². The van der Waals surface area contributed by atoms with Crippen LogP contribution in [0.4, 0.5) is 8.78 Å². The number of ether oxygens (including phenoxy) is 6. The molecule has 4 unspecified atom stereocenters. The van der Waals surface area contributed by atoms with Crippen molar-refractivity contribution in [2.45, 2.75) is 51.7 Å². The first-order chi connectivity index (χ1) is 33.4. The summed E-state index contributed by atoms with van der Waals surface area (Å²) in [4.78, 5) is 65.5. The lowest BCUT2D eigenvalue weighted by atomic mass is 9.77. The van der Waals surface area contributed by atoms with Gasteiger partial charge in [0.05, 0.1) is 56.3 Å². The van der Waals surface area contributed by atoms with Crippen molar-refractivity contribution in [2.75, 3.05) is 104 Å². The van der Waals surface area contributed by atoms with Crippen LogP contribution in [0.3, 0.4) is 0 Å². The maximum absolute atomic E-state index is 15.0. The van der Waals surface area contributed by atoms with E-state index in [4.69, 9.17) is 28.4 Å². The van der Waals surface area contributed by atoms with Gasteiger partial charge in [-0.25, -0.2) is 13.6 Å². The van der Waals surface area contributed by atoms with Crippen molar-refractivity contribution >= 4 is 62.4 Å². The van der Waals surface area contributed by atoms with Crippen LogP contribution in [0.5, 0.6) is 23.0 Å². The number of phenolic OH excluding ortho intramolecular Hbond substituents is 2. The summed E-state index contributed by atoms with van der Waals surface area (Å²) in [5.41, 5.74) is -0.985. The van der Waals surface area contributed by atoms with Crippen molar-refractivity contribution in [1.29, 1.82) is 0 Å². The first-order valence-electron chi connectivity index (χ1n) is 23.0. The van der Waals surface area contributed by atoms with Crippen LogP contribution in [0.2, 0.25) is 0 Å². The molecular formula is C47H63F2N3O13P4. The Bertz CT molecular complexity index is 2110. The molecule has 2 aliphatic rings. The fraction of sp³-hybridized carbons (Fsp3) is 0.511. The molecule has 5 rings (SSSR count). The summed E-state index contributed by atoms with van der Waals surface area (Å²) < 4.78 is 63.7. The molecule has 2 heterocycles. The van der Waals surface area contributed by atoms with Crippen LogP contribution < -0.4 is 15.4 Å². The number of rotatable bonds is 34. The molecule has 378 valence electrons. The molecule has 0 aliphatic carbocycles. The van der Waals surface area contributed by atoms with Gasteiger partial charge in [-0.2, -0.15) is 0 Å². The average molecular weight is 1040 g/mol. The lowest BCUT2D eigenvalue weighted by Gasteiger charge is -2.36. The number of hydrogen-bond donors (Lipinski definition) is 4. The first-order valence-corrected chi connectivity index (χ1v) is 29.8. The normalized spacial score (nSPS) is 13.8. The Morgan fingerprint density at radius 1 is 0.652 bits per heavy atom. The Labute approximate surface area is 408 Å². The zero-order valence-electron chi connectivity index (χ0n) is 39.0. The van der Waals surface area contributed by atoms with Gasteiger partial charge in [0.1, 0.15) is 24.7 Å². The summed E-state index contributed by atoms with van der Waals surface area (Å²) in [6.45, 7) is 7.02. The lowest BCUT2D eigenvalue weighted by Crippen LogP contribution is -2.35. The zero-order chi connectivity index (χ0) is 49.6. The average Bonchev–Trinajstić information content (AvgIpc) is 3.61. The molecule has 0 saturated heterocycles. The number of amides is 2. The van der Waals surface area contributed by atoms with Gasteiger partial charge in [-0.3, -0.25) is 24.1 Å². The van der Waals surface area contributed by atoms with E-state index in [9.17, 15) is 43.0 Å². The van der Waals surface area contributed by atoms with E-state index in [1.54, 1.807) is 18.2 Å². The van der Waals surface area contributed by atoms with Crippen molar-refractivity contribution in [2.24, 2.45) is 0 Å². The third-order valence-electron chi connectivity index (χ3n) is 10.8. The zero-order valence-corrected chi connectivity index (χ0v) is 43.0. The summed E-state index contributed by atoms with van der Waals surface area (Å²) in [7, 11) is 3.45. The maximum atomic E-state index is 15.0. The van der Waals surface area contributed by atoms with Crippen LogP contribution in [0, 0.1) is 11.6 Å². The molecule has 16 nitrogen and oxygen atoms in total. The Hall–Kier alpha value is -3.81. The number of carbonyl (C=O) groups excluding carboxylic acids is 5. The monoisotopic (exact) mass is 1040 g/mol. The van der Waals surface area contributed by atoms with Gasteiger partial charge in [-0.05, 0) is 48.4 Å². The van der Waals surface area contributed by atoms with Gasteiger partial charge < -0.3 is 49.3 Å². The standard InChI is InChI=1S/C47H63F2N3O13P4/c1-3-66-68-21-9-32(53)29-62-19-17-60-15-11-50-44(57)7-13-52(14-8-45(58)51-12-16-61-18-20-63-30-33(54)10-22-69-67-4-2)28-31-5-6-35-34(23-31)46(59)65-47(35)36-24-38(48)40(55)26-42(36)64-43-27-41(56)39(49)25-37(43)47/h5-6,23-27,55-56,66-69H,3-4,7-22,28-30H2,1-2H3,(H,50,57)(H,51,58). The molecule has 1 spiro atoms. The van der Waals surface area contributed by atoms with Crippen molar-refractivity contribution in [3.63, 3.8) is 0 Å². The molecule has 4 atom stereocenters. The molecule has 69 heavy (non-hydrogen) atoms. The summed E-state index contributed by atoms with van der Waals surface area (Å²) in [6, 6.07) is 8.81. The van der Waals surface area contributed by atoms with E-state index >= 15 is 0 Å². The van der Waals surface area contributed by atoms with Gasteiger partial charge in [0, 0.05) is 76.1 Å². The Morgan fingerprint density at radius 3 is 1.64 bits per heavy atom. The van der Waals surface area contributed by atoms with E-state index in [0.29, 0.717) is 18.4 Å². The number of hydrogen-bond acceptors (Lipinski definition) is 14. The number of nitrogens with zero attached hydrogens (tertiary/aromatic N) is 1. The van der Waals surface area contributed by atoms with E-state index in [2.05, 4.69) is 24.5 Å². The maximum Gasteiger partial charge on any atom is 0.340 e. The highest BCUT2D eigenvalue weighted by molar-refractivity contribution is 8.12. The number of ketones is 2. The van der Waals surface area contributed by atoms with E-state index < -0.39 is 34.7 Å². The van der Waals surface area contributed by atoms with Crippen LogP contribution in [-0.4, -0.2) is 148 Å². The highest BCUT2D eigenvalue weighted by Crippen LogP contribution is 2.57. The smallest absolute Gasteiger partial charge is 0.340 e. The second kappa shape index (κ2) is 29.5. The topological polar surface area (TPSA) is 208 Å². The summed E-state index contributed by atoms with van der Waals surface area (Å²) in [5.74, 6) is -4.85. The van der Waals surface area contributed by atoms with E-state index in [-0.39, 0.29) is 156 Å². The number of carbonyl (C=O) groups is 5. The second-order valence-electron chi connectivity index (χ2n) is 15.9. The van der Waals surface area contributed by atoms with E-state index in [1.807, 2.05) is 4.90 Å². The van der Waals surface area contributed by atoms with Crippen LogP contribution in [0.15, 0.2) is 42.5 Å². The van der Waals surface area contributed by atoms with Gasteiger partial charge in [-0.15, -0.1) is 0 Å². The van der Waals surface area contributed by atoms with Crippen molar-refractivity contribution < 1.29 is 71.4 Å². The van der Waals surface area contributed by atoms with Crippen LogP contribution >= 0.6 is 33.1 Å². The quantitative estimate of drug-likeness (QED) is 0.0293. The third-order valence-corrected chi connectivity index (χ3v) is 18.1. The number of Topliss-reactive ketones (excluding diaryl/α,β-unsaturated/α-hetero) is 2. The van der Waals surface area contributed by atoms with Crippen molar-refractivity contribution in [3.05, 3.63) is 81.9 Å². The number of benzene rings is 3. The van der Waals surface area contributed by atoms with Gasteiger partial charge >= 0.3 is 5.97 Å². The molecule has 0 radical (unpaired) electrons. The van der Waals surface area contributed by atoms with Gasteiger partial charge in [0.15, 0.2) is 40.3 Å². The molecule has 0 fully saturated rings. The minimum atomic E-state index is -1.90. The number of halogens is 2. The first kappa shape index (κ1) is 56.1. The Balaban J connectivity index is 1.16. The molecule has 22 heteroatoms. The molecule has 0 bridgehead atoms. The number of fused-ring (bicyclic) bond motifs is 6. The molecular weight excluding hydrogens is 976 g/mol. The molecule has 2 aliphatic heterocycles. The number of esters is 1. The third kappa shape index (κ3) is 17.2. The molecule has 0 aromatic heterocycles.